The number of methoxy groups -OCH3 is 1. The van der Waals surface area contributed by atoms with E-state index in [4.69, 9.17) is 16.3 Å². The highest BCUT2D eigenvalue weighted by molar-refractivity contribution is 9.10. The van der Waals surface area contributed by atoms with E-state index in [2.05, 4.69) is 26.0 Å². The standard InChI is InChI=1S/C20H22BrClN4O2/c1-11-14(12(2)23-19-18(11)20(28-5)24-26(19)4)7-9-17(27)25(3)16-8-6-13(21)10-15(16)22/h6,8,10H,7,9H2,1-5H3. The minimum absolute atomic E-state index is 0.0127. The molecule has 1 aromatic carbocycles. The maximum absolute atomic E-state index is 12.8. The molecule has 0 radical (unpaired) electrons. The lowest BCUT2D eigenvalue weighted by atomic mass is 10.00. The van der Waals surface area contributed by atoms with Gasteiger partial charge in [-0.25, -0.2) is 9.67 Å². The number of benzene rings is 1. The predicted octanol–water partition coefficient (Wildman–Crippen LogP) is 4.61. The zero-order valence-electron chi connectivity index (χ0n) is 16.5. The number of hydrogen-bond acceptors (Lipinski definition) is 4. The van der Waals surface area contributed by atoms with Crippen molar-refractivity contribution in [2.75, 3.05) is 19.1 Å². The van der Waals surface area contributed by atoms with Crippen molar-refractivity contribution < 1.29 is 9.53 Å². The molecule has 0 atom stereocenters. The summed E-state index contributed by atoms with van der Waals surface area (Å²) in [5.74, 6) is 0.537. The van der Waals surface area contributed by atoms with Crippen molar-refractivity contribution in [3.63, 3.8) is 0 Å². The Morgan fingerprint density at radius 2 is 2.07 bits per heavy atom. The SMILES string of the molecule is COc1nn(C)c2nc(C)c(CCC(=O)N(C)c3ccc(Br)cc3Cl)c(C)c12. The normalized spacial score (nSPS) is 11.1. The summed E-state index contributed by atoms with van der Waals surface area (Å²) in [7, 11) is 5.18. The minimum Gasteiger partial charge on any atom is -0.479 e. The zero-order valence-corrected chi connectivity index (χ0v) is 18.8. The monoisotopic (exact) mass is 464 g/mol. The van der Waals surface area contributed by atoms with E-state index in [1.807, 2.05) is 33.0 Å². The van der Waals surface area contributed by atoms with Crippen molar-refractivity contribution in [3.8, 4) is 5.88 Å². The number of rotatable bonds is 5. The largest absolute Gasteiger partial charge is 0.479 e. The number of ether oxygens (including phenoxy) is 1. The van der Waals surface area contributed by atoms with Crippen LogP contribution in [0.25, 0.3) is 11.0 Å². The van der Waals surface area contributed by atoms with Crippen molar-refractivity contribution in [2.24, 2.45) is 7.05 Å². The van der Waals surface area contributed by atoms with E-state index in [1.54, 1.807) is 29.8 Å². The fourth-order valence-electron chi connectivity index (χ4n) is 3.39. The second-order valence-electron chi connectivity index (χ2n) is 6.68. The average molecular weight is 466 g/mol. The number of hydrogen-bond donors (Lipinski definition) is 0. The van der Waals surface area contributed by atoms with Gasteiger partial charge in [-0.15, -0.1) is 5.10 Å². The number of aromatic nitrogens is 3. The lowest BCUT2D eigenvalue weighted by Crippen LogP contribution is -2.26. The Hall–Kier alpha value is -2.12. The molecule has 28 heavy (non-hydrogen) atoms. The average Bonchev–Trinajstić information content (AvgIpc) is 2.96. The van der Waals surface area contributed by atoms with Gasteiger partial charge in [0, 0.05) is 30.7 Å². The summed E-state index contributed by atoms with van der Waals surface area (Å²) in [6, 6.07) is 5.47. The van der Waals surface area contributed by atoms with Crippen LogP contribution in [-0.2, 0) is 18.3 Å². The smallest absolute Gasteiger partial charge is 0.242 e. The molecule has 0 aliphatic carbocycles. The van der Waals surface area contributed by atoms with Gasteiger partial charge in [-0.1, -0.05) is 27.5 Å². The molecular weight excluding hydrogens is 444 g/mol. The number of halogens is 2. The summed E-state index contributed by atoms with van der Waals surface area (Å²) >= 11 is 9.66. The quantitative estimate of drug-likeness (QED) is 0.552. The van der Waals surface area contributed by atoms with Crippen LogP contribution in [0, 0.1) is 13.8 Å². The van der Waals surface area contributed by atoms with Gasteiger partial charge in [-0.2, -0.15) is 0 Å². The van der Waals surface area contributed by atoms with Gasteiger partial charge in [0.1, 0.15) is 0 Å². The number of nitrogens with zero attached hydrogens (tertiary/aromatic N) is 4. The first-order chi connectivity index (χ1) is 13.2. The number of carbonyl (C=O) groups is 1. The van der Waals surface area contributed by atoms with Crippen LogP contribution in [0.5, 0.6) is 5.88 Å². The van der Waals surface area contributed by atoms with E-state index in [-0.39, 0.29) is 5.91 Å². The fourth-order valence-corrected chi connectivity index (χ4v) is 4.19. The van der Waals surface area contributed by atoms with E-state index in [0.717, 1.165) is 32.3 Å². The first kappa shape index (κ1) is 20.6. The van der Waals surface area contributed by atoms with Crippen LogP contribution in [0.1, 0.15) is 23.2 Å². The highest BCUT2D eigenvalue weighted by Crippen LogP contribution is 2.31. The fraction of sp³-hybridized carbons (Fsp3) is 0.350. The van der Waals surface area contributed by atoms with Crippen LogP contribution >= 0.6 is 27.5 Å². The first-order valence-corrected chi connectivity index (χ1v) is 10.00. The molecule has 6 nitrogen and oxygen atoms in total. The lowest BCUT2D eigenvalue weighted by molar-refractivity contribution is -0.118. The molecule has 0 aliphatic heterocycles. The summed E-state index contributed by atoms with van der Waals surface area (Å²) in [4.78, 5) is 19.0. The molecule has 0 bridgehead atoms. The van der Waals surface area contributed by atoms with Gasteiger partial charge in [0.2, 0.25) is 11.8 Å². The number of carbonyl (C=O) groups excluding carboxylic acids is 1. The van der Waals surface area contributed by atoms with Crippen molar-refractivity contribution in [3.05, 3.63) is 44.5 Å². The third-order valence-corrected chi connectivity index (χ3v) is 5.75. The Morgan fingerprint density at radius 1 is 1.36 bits per heavy atom. The molecule has 2 heterocycles. The van der Waals surface area contributed by atoms with Crippen LogP contribution < -0.4 is 9.64 Å². The summed E-state index contributed by atoms with van der Waals surface area (Å²) < 4.78 is 7.99. The molecule has 0 unspecified atom stereocenters. The Bertz CT molecular complexity index is 1060. The van der Waals surface area contributed by atoms with Crippen LogP contribution in [0.4, 0.5) is 5.69 Å². The molecule has 3 rings (SSSR count). The third kappa shape index (κ3) is 3.73. The number of fused-ring (bicyclic) bond motifs is 1. The van der Waals surface area contributed by atoms with Crippen LogP contribution in [0.3, 0.4) is 0 Å². The van der Waals surface area contributed by atoms with Crippen molar-refractivity contribution in [1.29, 1.82) is 0 Å². The molecule has 3 aromatic rings. The molecule has 0 fully saturated rings. The van der Waals surface area contributed by atoms with Gasteiger partial charge in [0.05, 0.1) is 23.2 Å². The zero-order chi connectivity index (χ0) is 20.6. The summed E-state index contributed by atoms with van der Waals surface area (Å²) in [5, 5.41) is 5.79. The molecule has 0 saturated heterocycles. The van der Waals surface area contributed by atoms with E-state index in [0.29, 0.717) is 29.4 Å². The molecular formula is C20H22BrClN4O2. The highest BCUT2D eigenvalue weighted by Gasteiger charge is 2.20. The Morgan fingerprint density at radius 3 is 2.71 bits per heavy atom. The Labute approximate surface area is 177 Å². The maximum Gasteiger partial charge on any atom is 0.242 e. The van der Waals surface area contributed by atoms with Crippen molar-refractivity contribution >= 4 is 50.2 Å². The highest BCUT2D eigenvalue weighted by atomic mass is 79.9. The molecule has 8 heteroatoms. The Kier molecular flexibility index (Phi) is 5.95. The van der Waals surface area contributed by atoms with Gasteiger partial charge >= 0.3 is 0 Å². The number of anilines is 1. The number of aryl methyl sites for hydroxylation is 3. The maximum atomic E-state index is 12.8. The Balaban J connectivity index is 1.86. The topological polar surface area (TPSA) is 60.2 Å². The van der Waals surface area contributed by atoms with E-state index in [9.17, 15) is 4.79 Å². The summed E-state index contributed by atoms with van der Waals surface area (Å²) in [6.45, 7) is 3.98. The van der Waals surface area contributed by atoms with Gasteiger partial charge in [0.25, 0.3) is 0 Å². The van der Waals surface area contributed by atoms with Crippen molar-refractivity contribution in [2.45, 2.75) is 26.7 Å². The molecule has 0 aliphatic rings. The molecule has 0 spiro atoms. The van der Waals surface area contributed by atoms with Gasteiger partial charge in [0.15, 0.2) is 5.65 Å². The van der Waals surface area contributed by atoms with Crippen molar-refractivity contribution in [1.82, 2.24) is 14.8 Å². The van der Waals surface area contributed by atoms with Crippen LogP contribution in [0.15, 0.2) is 22.7 Å². The predicted molar refractivity (Wildman–Crippen MR) is 115 cm³/mol. The van der Waals surface area contributed by atoms with Crippen LogP contribution in [0.2, 0.25) is 5.02 Å². The molecule has 1 amide bonds. The molecule has 0 N–H and O–H groups in total. The molecule has 148 valence electrons. The lowest BCUT2D eigenvalue weighted by Gasteiger charge is -2.19. The second-order valence-corrected chi connectivity index (χ2v) is 8.00. The minimum atomic E-state index is -0.0127. The third-order valence-electron chi connectivity index (χ3n) is 4.95. The van der Waals surface area contributed by atoms with E-state index >= 15 is 0 Å². The number of pyridine rings is 1. The second kappa shape index (κ2) is 8.09. The van der Waals surface area contributed by atoms with Crippen LogP contribution in [-0.4, -0.2) is 34.8 Å². The van der Waals surface area contributed by atoms with Gasteiger partial charge in [-0.05, 0) is 49.6 Å². The van der Waals surface area contributed by atoms with Gasteiger partial charge < -0.3 is 9.64 Å². The van der Waals surface area contributed by atoms with E-state index < -0.39 is 0 Å². The summed E-state index contributed by atoms with van der Waals surface area (Å²) in [6.07, 6.45) is 0.927. The molecule has 0 saturated carbocycles. The summed E-state index contributed by atoms with van der Waals surface area (Å²) in [5.41, 5.74) is 4.45. The first-order valence-electron chi connectivity index (χ1n) is 8.83. The number of amides is 1. The van der Waals surface area contributed by atoms with Gasteiger partial charge in [-0.3, -0.25) is 4.79 Å². The van der Waals surface area contributed by atoms with E-state index in [1.165, 1.54) is 0 Å². The molecule has 2 aromatic heterocycles.